The summed E-state index contributed by atoms with van der Waals surface area (Å²) in [5.41, 5.74) is 4.62. The monoisotopic (exact) mass is 299 g/mol. The Balaban J connectivity index is 1.72. The number of hydrogen-bond acceptors (Lipinski definition) is 5. The van der Waals surface area contributed by atoms with E-state index in [0.29, 0.717) is 6.54 Å². The number of nitrogens with one attached hydrogen (secondary N) is 2. The van der Waals surface area contributed by atoms with Gasteiger partial charge in [0.15, 0.2) is 5.75 Å². The maximum Gasteiger partial charge on any atom is 0.311 e. The molecule has 1 aliphatic heterocycles. The molecule has 0 saturated carbocycles. The van der Waals surface area contributed by atoms with Crippen molar-refractivity contribution >= 4 is 11.4 Å². The summed E-state index contributed by atoms with van der Waals surface area (Å²) in [6.07, 6.45) is 0. The highest BCUT2D eigenvalue weighted by Gasteiger charge is 2.15. The zero-order chi connectivity index (χ0) is 15.5. The maximum atomic E-state index is 10.9. The molecule has 0 saturated heterocycles. The van der Waals surface area contributed by atoms with Crippen LogP contribution in [0, 0.1) is 10.1 Å². The molecule has 0 aliphatic carbocycles. The van der Waals surface area contributed by atoms with Gasteiger partial charge in [0.25, 0.3) is 0 Å². The Bertz CT molecular complexity index is 716. The zero-order valence-electron chi connectivity index (χ0n) is 12.3. The van der Waals surface area contributed by atoms with Gasteiger partial charge in [-0.15, -0.1) is 0 Å². The lowest BCUT2D eigenvalue weighted by molar-refractivity contribution is -0.385. The van der Waals surface area contributed by atoms with Crippen molar-refractivity contribution in [3.8, 4) is 5.75 Å². The second-order valence-electron chi connectivity index (χ2n) is 5.20. The zero-order valence-corrected chi connectivity index (χ0v) is 12.3. The van der Waals surface area contributed by atoms with Crippen molar-refractivity contribution in [1.82, 2.24) is 5.32 Å². The Hall–Kier alpha value is -2.60. The van der Waals surface area contributed by atoms with E-state index in [-0.39, 0.29) is 11.4 Å². The number of anilines is 1. The topological polar surface area (TPSA) is 76.4 Å². The lowest BCUT2D eigenvalue weighted by Gasteiger charge is -2.09. The number of nitro benzene ring substituents is 1. The average molecular weight is 299 g/mol. The summed E-state index contributed by atoms with van der Waals surface area (Å²) in [5, 5.41) is 17.5. The molecular formula is C16H17N3O3. The van der Waals surface area contributed by atoms with E-state index < -0.39 is 4.92 Å². The molecule has 114 valence electrons. The van der Waals surface area contributed by atoms with Crippen molar-refractivity contribution in [2.45, 2.75) is 19.6 Å². The molecule has 0 unspecified atom stereocenters. The van der Waals surface area contributed by atoms with Crippen LogP contribution >= 0.6 is 0 Å². The molecule has 2 N–H and O–H groups in total. The molecule has 0 spiro atoms. The Morgan fingerprint density at radius 3 is 2.82 bits per heavy atom. The first kappa shape index (κ1) is 14.3. The molecule has 6 nitrogen and oxygen atoms in total. The first-order valence-corrected chi connectivity index (χ1v) is 7.05. The van der Waals surface area contributed by atoms with Crippen LogP contribution in [0.5, 0.6) is 5.75 Å². The number of methoxy groups -OCH3 is 1. The van der Waals surface area contributed by atoms with Crippen molar-refractivity contribution in [3.63, 3.8) is 0 Å². The van der Waals surface area contributed by atoms with Crippen LogP contribution in [0.3, 0.4) is 0 Å². The second-order valence-corrected chi connectivity index (χ2v) is 5.20. The van der Waals surface area contributed by atoms with Gasteiger partial charge in [-0.2, -0.15) is 0 Å². The molecule has 3 rings (SSSR count). The van der Waals surface area contributed by atoms with Gasteiger partial charge in [-0.05, 0) is 22.8 Å². The molecule has 22 heavy (non-hydrogen) atoms. The Morgan fingerprint density at radius 2 is 2.05 bits per heavy atom. The molecular weight excluding hydrogens is 282 g/mol. The quantitative estimate of drug-likeness (QED) is 0.656. The van der Waals surface area contributed by atoms with Crippen molar-refractivity contribution < 1.29 is 9.66 Å². The minimum Gasteiger partial charge on any atom is -0.490 e. The first-order valence-electron chi connectivity index (χ1n) is 7.05. The Kier molecular flexibility index (Phi) is 3.93. The molecule has 0 aromatic heterocycles. The lowest BCUT2D eigenvalue weighted by atomic mass is 10.1. The normalized spacial score (nSPS) is 12.8. The summed E-state index contributed by atoms with van der Waals surface area (Å²) in [6.45, 7) is 2.51. The number of benzene rings is 2. The van der Waals surface area contributed by atoms with Crippen molar-refractivity contribution in [3.05, 3.63) is 63.2 Å². The van der Waals surface area contributed by atoms with Crippen LogP contribution in [-0.4, -0.2) is 12.0 Å². The molecule has 2 aromatic carbocycles. The van der Waals surface area contributed by atoms with Gasteiger partial charge in [0, 0.05) is 37.5 Å². The number of ether oxygens (including phenoxy) is 1. The summed E-state index contributed by atoms with van der Waals surface area (Å²) in [4.78, 5) is 10.4. The van der Waals surface area contributed by atoms with Crippen LogP contribution in [0.2, 0.25) is 0 Å². The van der Waals surface area contributed by atoms with E-state index in [9.17, 15) is 10.1 Å². The van der Waals surface area contributed by atoms with Gasteiger partial charge in [-0.3, -0.25) is 10.1 Å². The fourth-order valence-electron chi connectivity index (χ4n) is 2.60. The van der Waals surface area contributed by atoms with E-state index >= 15 is 0 Å². The van der Waals surface area contributed by atoms with Gasteiger partial charge < -0.3 is 15.4 Å². The van der Waals surface area contributed by atoms with Crippen LogP contribution in [0.15, 0.2) is 36.4 Å². The Labute approximate surface area is 128 Å². The highest BCUT2D eigenvalue weighted by Crippen LogP contribution is 2.30. The summed E-state index contributed by atoms with van der Waals surface area (Å²) < 4.78 is 5.07. The third-order valence-corrected chi connectivity index (χ3v) is 3.77. The van der Waals surface area contributed by atoms with Crippen molar-refractivity contribution in [2.75, 3.05) is 12.4 Å². The SMILES string of the molecule is COc1cc(NCc2ccc3c(c2)CNC3)ccc1[N+](=O)[O-]. The smallest absolute Gasteiger partial charge is 0.311 e. The molecule has 2 aromatic rings. The van der Waals surface area contributed by atoms with E-state index in [1.807, 2.05) is 0 Å². The molecule has 0 atom stereocenters. The molecule has 6 heteroatoms. The summed E-state index contributed by atoms with van der Waals surface area (Å²) >= 11 is 0. The molecule has 0 amide bonds. The molecule has 0 bridgehead atoms. The van der Waals surface area contributed by atoms with E-state index in [0.717, 1.165) is 18.8 Å². The van der Waals surface area contributed by atoms with Gasteiger partial charge in [0.1, 0.15) is 0 Å². The number of nitro groups is 1. The van der Waals surface area contributed by atoms with Crippen molar-refractivity contribution in [2.24, 2.45) is 0 Å². The minimum absolute atomic E-state index is 0.0309. The highest BCUT2D eigenvalue weighted by molar-refractivity contribution is 5.58. The van der Waals surface area contributed by atoms with Crippen LogP contribution in [0.25, 0.3) is 0 Å². The molecule has 0 fully saturated rings. The van der Waals surface area contributed by atoms with Gasteiger partial charge in [0.2, 0.25) is 0 Å². The van der Waals surface area contributed by atoms with Crippen molar-refractivity contribution in [1.29, 1.82) is 0 Å². The van der Waals surface area contributed by atoms with Gasteiger partial charge in [-0.25, -0.2) is 0 Å². The highest BCUT2D eigenvalue weighted by atomic mass is 16.6. The number of rotatable bonds is 5. The summed E-state index contributed by atoms with van der Waals surface area (Å²) in [5.74, 6) is 0.258. The predicted molar refractivity (Wildman–Crippen MR) is 84.0 cm³/mol. The Morgan fingerprint density at radius 1 is 1.23 bits per heavy atom. The van der Waals surface area contributed by atoms with Crippen LogP contribution < -0.4 is 15.4 Å². The predicted octanol–water partition coefficient (Wildman–Crippen LogP) is 2.82. The second kappa shape index (κ2) is 6.03. The van der Waals surface area contributed by atoms with Crippen LogP contribution in [-0.2, 0) is 19.6 Å². The van der Waals surface area contributed by atoms with Gasteiger partial charge in [0.05, 0.1) is 12.0 Å². The third kappa shape index (κ3) is 2.87. The molecule has 1 aliphatic rings. The molecule has 0 radical (unpaired) electrons. The fraction of sp³-hybridized carbons (Fsp3) is 0.250. The average Bonchev–Trinajstić information content (AvgIpc) is 3.00. The summed E-state index contributed by atoms with van der Waals surface area (Å²) in [7, 11) is 1.43. The first-order chi connectivity index (χ1) is 10.7. The maximum absolute atomic E-state index is 10.9. The van der Waals surface area contributed by atoms with Gasteiger partial charge >= 0.3 is 5.69 Å². The number of nitrogens with zero attached hydrogens (tertiary/aromatic N) is 1. The molecule has 1 heterocycles. The minimum atomic E-state index is -0.448. The standard InChI is InChI=1S/C16H17N3O3/c1-22-16-7-14(4-5-15(16)19(20)21)18-8-11-2-3-12-9-17-10-13(12)6-11/h2-7,17-18H,8-10H2,1H3. The number of fused-ring (bicyclic) bond motifs is 1. The fourth-order valence-corrected chi connectivity index (χ4v) is 2.60. The van der Waals surface area contributed by atoms with Crippen LogP contribution in [0.4, 0.5) is 11.4 Å². The summed E-state index contributed by atoms with van der Waals surface area (Å²) in [6, 6.07) is 11.2. The largest absolute Gasteiger partial charge is 0.490 e. The van der Waals surface area contributed by atoms with Gasteiger partial charge in [-0.1, -0.05) is 18.2 Å². The van der Waals surface area contributed by atoms with E-state index in [2.05, 4.69) is 28.8 Å². The van der Waals surface area contributed by atoms with E-state index in [1.165, 1.54) is 29.9 Å². The van der Waals surface area contributed by atoms with E-state index in [4.69, 9.17) is 4.74 Å². The third-order valence-electron chi connectivity index (χ3n) is 3.77. The van der Waals surface area contributed by atoms with Crippen LogP contribution in [0.1, 0.15) is 16.7 Å². The number of hydrogen-bond donors (Lipinski definition) is 2. The van der Waals surface area contributed by atoms with E-state index in [1.54, 1.807) is 12.1 Å². The lowest BCUT2D eigenvalue weighted by Crippen LogP contribution is -2.02.